The van der Waals surface area contributed by atoms with E-state index in [0.29, 0.717) is 0 Å². The van der Waals surface area contributed by atoms with Crippen molar-refractivity contribution in [3.8, 4) is 0 Å². The molecule has 0 spiro atoms. The predicted octanol–water partition coefficient (Wildman–Crippen LogP) is 4.94. The van der Waals surface area contributed by atoms with Gasteiger partial charge in [-0.05, 0) is 18.6 Å². The van der Waals surface area contributed by atoms with Gasteiger partial charge in [0.2, 0.25) is 0 Å². The lowest BCUT2D eigenvalue weighted by Crippen LogP contribution is -2.10. The van der Waals surface area contributed by atoms with Crippen LogP contribution in [0.25, 0.3) is 10.9 Å². The number of unbranched alkanes of at least 4 members (excludes halogenated alkanes) is 1. The van der Waals surface area contributed by atoms with Gasteiger partial charge in [-0.3, -0.25) is 4.79 Å². The van der Waals surface area contributed by atoms with Crippen LogP contribution < -0.4 is 0 Å². The van der Waals surface area contributed by atoms with Crippen molar-refractivity contribution >= 4 is 32.6 Å². The molecule has 1 unspecified atom stereocenters. The normalized spacial score (nSPS) is 12.8. The Hall–Kier alpha value is -1.09. The molecule has 1 heterocycles. The number of carbonyl (C=O) groups is 1. The predicted molar refractivity (Wildman–Crippen MR) is 79.0 cm³/mol. The second kappa shape index (κ2) is 5.70. The number of ketones is 1. The number of carbonyl (C=O) groups excluding carboxylic acids is 1. The molecule has 0 aliphatic carbocycles. The monoisotopic (exact) mass is 307 g/mol. The number of H-pyrrole nitrogens is 1. The third-order valence-electron chi connectivity index (χ3n) is 3.36. The van der Waals surface area contributed by atoms with Gasteiger partial charge in [0, 0.05) is 33.1 Å². The Morgan fingerprint density at radius 2 is 2.22 bits per heavy atom. The lowest BCUT2D eigenvalue weighted by atomic mass is 9.94. The number of benzene rings is 1. The smallest absolute Gasteiger partial charge is 0.167 e. The standard InChI is InChI=1S/C15H18BrNO/c1-3-4-6-10(2)15(18)11-9-17-13-8-5-7-12(16)14(11)13/h5,7-10,17H,3-4,6H2,1-2H3. The first-order chi connectivity index (χ1) is 8.65. The molecule has 0 fully saturated rings. The van der Waals surface area contributed by atoms with Gasteiger partial charge in [0.05, 0.1) is 0 Å². The van der Waals surface area contributed by atoms with Crippen LogP contribution in [0.5, 0.6) is 0 Å². The number of hydrogen-bond donors (Lipinski definition) is 1. The number of halogens is 1. The second-order valence-electron chi connectivity index (χ2n) is 4.77. The molecule has 2 nitrogen and oxygen atoms in total. The van der Waals surface area contributed by atoms with Gasteiger partial charge in [0.25, 0.3) is 0 Å². The van der Waals surface area contributed by atoms with Gasteiger partial charge >= 0.3 is 0 Å². The van der Waals surface area contributed by atoms with E-state index in [-0.39, 0.29) is 11.7 Å². The molecule has 0 amide bonds. The van der Waals surface area contributed by atoms with E-state index in [4.69, 9.17) is 0 Å². The molecule has 1 atom stereocenters. The minimum atomic E-state index is 0.0936. The molecule has 0 radical (unpaired) electrons. The van der Waals surface area contributed by atoms with Crippen molar-refractivity contribution in [3.05, 3.63) is 34.4 Å². The largest absolute Gasteiger partial charge is 0.360 e. The first kappa shape index (κ1) is 13.3. The Kier molecular flexibility index (Phi) is 4.23. The summed E-state index contributed by atoms with van der Waals surface area (Å²) >= 11 is 3.52. The molecular formula is C15H18BrNO. The molecule has 0 bridgehead atoms. The van der Waals surface area contributed by atoms with E-state index in [2.05, 4.69) is 27.8 Å². The van der Waals surface area contributed by atoms with E-state index in [0.717, 1.165) is 40.2 Å². The van der Waals surface area contributed by atoms with Crippen molar-refractivity contribution in [1.82, 2.24) is 4.98 Å². The van der Waals surface area contributed by atoms with Crippen LogP contribution in [0.4, 0.5) is 0 Å². The van der Waals surface area contributed by atoms with Gasteiger partial charge in [-0.25, -0.2) is 0 Å². The topological polar surface area (TPSA) is 32.9 Å². The van der Waals surface area contributed by atoms with Crippen molar-refractivity contribution in [2.24, 2.45) is 5.92 Å². The Bertz CT molecular complexity index is 559. The van der Waals surface area contributed by atoms with Crippen molar-refractivity contribution in [1.29, 1.82) is 0 Å². The molecule has 1 aromatic heterocycles. The number of rotatable bonds is 5. The van der Waals surface area contributed by atoms with E-state index in [1.807, 2.05) is 31.3 Å². The third kappa shape index (κ3) is 2.51. The summed E-state index contributed by atoms with van der Waals surface area (Å²) in [5.74, 6) is 0.331. The van der Waals surface area contributed by atoms with Crippen LogP contribution >= 0.6 is 15.9 Å². The van der Waals surface area contributed by atoms with E-state index >= 15 is 0 Å². The minimum Gasteiger partial charge on any atom is -0.360 e. The van der Waals surface area contributed by atoms with Crippen LogP contribution in [0.15, 0.2) is 28.9 Å². The molecule has 1 aromatic carbocycles. The number of aromatic nitrogens is 1. The molecule has 0 saturated carbocycles. The maximum Gasteiger partial charge on any atom is 0.167 e. The van der Waals surface area contributed by atoms with E-state index in [9.17, 15) is 4.79 Å². The summed E-state index contributed by atoms with van der Waals surface area (Å²) in [6.07, 6.45) is 5.04. The van der Waals surface area contributed by atoms with Crippen LogP contribution in [-0.4, -0.2) is 10.8 Å². The van der Waals surface area contributed by atoms with Crippen LogP contribution in [0.2, 0.25) is 0 Å². The van der Waals surface area contributed by atoms with Crippen LogP contribution in [0, 0.1) is 5.92 Å². The summed E-state index contributed by atoms with van der Waals surface area (Å²) in [6, 6.07) is 5.94. The van der Waals surface area contributed by atoms with Crippen LogP contribution in [0.3, 0.4) is 0 Å². The number of nitrogens with one attached hydrogen (secondary N) is 1. The van der Waals surface area contributed by atoms with Gasteiger partial charge in [0.1, 0.15) is 0 Å². The maximum atomic E-state index is 12.4. The SMILES string of the molecule is CCCCC(C)C(=O)c1c[nH]c2cccc(Br)c12. The molecular weight excluding hydrogens is 290 g/mol. The zero-order valence-corrected chi connectivity index (χ0v) is 12.4. The van der Waals surface area contributed by atoms with E-state index in [1.165, 1.54) is 0 Å². The molecule has 96 valence electrons. The average Bonchev–Trinajstić information content (AvgIpc) is 2.80. The number of hydrogen-bond acceptors (Lipinski definition) is 1. The zero-order chi connectivity index (χ0) is 13.1. The van der Waals surface area contributed by atoms with Crippen molar-refractivity contribution < 1.29 is 4.79 Å². The summed E-state index contributed by atoms with van der Waals surface area (Å²) in [7, 11) is 0. The maximum absolute atomic E-state index is 12.4. The van der Waals surface area contributed by atoms with Gasteiger partial charge in [-0.1, -0.05) is 48.7 Å². The molecule has 1 N–H and O–H groups in total. The highest BCUT2D eigenvalue weighted by atomic mass is 79.9. The van der Waals surface area contributed by atoms with Gasteiger partial charge < -0.3 is 4.98 Å². The zero-order valence-electron chi connectivity index (χ0n) is 10.8. The Labute approximate surface area is 116 Å². The fraction of sp³-hybridized carbons (Fsp3) is 0.400. The summed E-state index contributed by atoms with van der Waals surface area (Å²) in [5, 5.41) is 1.01. The fourth-order valence-electron chi connectivity index (χ4n) is 2.24. The van der Waals surface area contributed by atoms with E-state index < -0.39 is 0 Å². The van der Waals surface area contributed by atoms with Crippen LogP contribution in [-0.2, 0) is 0 Å². The highest BCUT2D eigenvalue weighted by Gasteiger charge is 2.19. The van der Waals surface area contributed by atoms with Gasteiger partial charge in [0.15, 0.2) is 5.78 Å². The molecule has 3 heteroatoms. The minimum absolute atomic E-state index is 0.0936. The number of aromatic amines is 1. The molecule has 0 aliphatic rings. The summed E-state index contributed by atoms with van der Waals surface area (Å²) in [4.78, 5) is 15.6. The number of Topliss-reactive ketones (excluding diaryl/α,β-unsaturated/α-hetero) is 1. The number of fused-ring (bicyclic) bond motifs is 1. The molecule has 2 aromatic rings. The summed E-state index contributed by atoms with van der Waals surface area (Å²) in [6.45, 7) is 4.17. The Balaban J connectivity index is 2.33. The summed E-state index contributed by atoms with van der Waals surface area (Å²) in [5.41, 5.74) is 1.82. The first-order valence-electron chi connectivity index (χ1n) is 6.45. The fourth-order valence-corrected chi connectivity index (χ4v) is 2.82. The summed E-state index contributed by atoms with van der Waals surface area (Å²) < 4.78 is 0.979. The Morgan fingerprint density at radius 3 is 2.94 bits per heavy atom. The lowest BCUT2D eigenvalue weighted by Gasteiger charge is -2.09. The molecule has 0 saturated heterocycles. The highest BCUT2D eigenvalue weighted by Crippen LogP contribution is 2.29. The lowest BCUT2D eigenvalue weighted by molar-refractivity contribution is 0.0924. The first-order valence-corrected chi connectivity index (χ1v) is 7.24. The van der Waals surface area contributed by atoms with E-state index in [1.54, 1.807) is 0 Å². The quantitative estimate of drug-likeness (QED) is 0.780. The van der Waals surface area contributed by atoms with Gasteiger partial charge in [-0.2, -0.15) is 0 Å². The third-order valence-corrected chi connectivity index (χ3v) is 4.02. The van der Waals surface area contributed by atoms with Crippen molar-refractivity contribution in [2.45, 2.75) is 33.1 Å². The second-order valence-corrected chi connectivity index (χ2v) is 5.63. The van der Waals surface area contributed by atoms with Crippen molar-refractivity contribution in [3.63, 3.8) is 0 Å². The molecule has 0 aliphatic heterocycles. The molecule has 18 heavy (non-hydrogen) atoms. The average molecular weight is 308 g/mol. The highest BCUT2D eigenvalue weighted by molar-refractivity contribution is 9.10. The van der Waals surface area contributed by atoms with Gasteiger partial charge in [-0.15, -0.1) is 0 Å². The molecule has 2 rings (SSSR count). The van der Waals surface area contributed by atoms with Crippen LogP contribution in [0.1, 0.15) is 43.5 Å². The Morgan fingerprint density at radius 1 is 1.44 bits per heavy atom. The van der Waals surface area contributed by atoms with Crippen molar-refractivity contribution in [2.75, 3.05) is 0 Å².